The molecule has 1 aromatic carbocycles. The Labute approximate surface area is 150 Å². The average molecular weight is 360 g/mol. The standard InChI is InChI=1S/C18H18ClN3O3/c1-2-24-15-3-5-16(6-4-15)25-12-18(23)20-10-14-11-22-8-7-13(19)9-17(22)21-14/h3-9,11H,2,10,12H2,1H3,(H,20,23). The molecule has 0 fully saturated rings. The molecule has 6 nitrogen and oxygen atoms in total. The molecule has 3 rings (SSSR count). The Hall–Kier alpha value is -2.73. The van der Waals surface area contributed by atoms with Crippen LogP contribution in [0.25, 0.3) is 5.65 Å². The van der Waals surface area contributed by atoms with Crippen LogP contribution in [0, 0.1) is 0 Å². The molecular weight excluding hydrogens is 342 g/mol. The van der Waals surface area contributed by atoms with E-state index in [1.54, 1.807) is 36.4 Å². The minimum atomic E-state index is -0.219. The number of nitrogens with zero attached hydrogens (tertiary/aromatic N) is 2. The fraction of sp³-hybridized carbons (Fsp3) is 0.222. The van der Waals surface area contributed by atoms with Gasteiger partial charge in [0.1, 0.15) is 17.1 Å². The molecule has 0 spiro atoms. The van der Waals surface area contributed by atoms with Gasteiger partial charge in [0, 0.05) is 17.4 Å². The first-order valence-corrected chi connectivity index (χ1v) is 8.27. The Morgan fingerprint density at radius 2 is 1.92 bits per heavy atom. The quantitative estimate of drug-likeness (QED) is 0.704. The highest BCUT2D eigenvalue weighted by Crippen LogP contribution is 2.17. The lowest BCUT2D eigenvalue weighted by Crippen LogP contribution is -2.28. The van der Waals surface area contributed by atoms with Crippen LogP contribution in [-0.4, -0.2) is 28.5 Å². The summed E-state index contributed by atoms with van der Waals surface area (Å²) >= 11 is 5.93. The third-order valence-electron chi connectivity index (χ3n) is 3.44. The van der Waals surface area contributed by atoms with Crippen LogP contribution in [-0.2, 0) is 11.3 Å². The Morgan fingerprint density at radius 3 is 2.64 bits per heavy atom. The van der Waals surface area contributed by atoms with Crippen LogP contribution in [0.2, 0.25) is 5.02 Å². The van der Waals surface area contributed by atoms with Gasteiger partial charge in [0.25, 0.3) is 5.91 Å². The van der Waals surface area contributed by atoms with Crippen molar-refractivity contribution in [2.24, 2.45) is 0 Å². The predicted octanol–water partition coefficient (Wildman–Crippen LogP) is 3.08. The molecule has 0 bridgehead atoms. The number of rotatable bonds is 7. The van der Waals surface area contributed by atoms with E-state index in [1.165, 1.54) is 0 Å². The zero-order valence-electron chi connectivity index (χ0n) is 13.7. The van der Waals surface area contributed by atoms with Crippen molar-refractivity contribution in [2.75, 3.05) is 13.2 Å². The molecule has 0 atom stereocenters. The molecule has 0 unspecified atom stereocenters. The second-order valence-electron chi connectivity index (χ2n) is 5.31. The smallest absolute Gasteiger partial charge is 0.258 e. The number of benzene rings is 1. The van der Waals surface area contributed by atoms with Gasteiger partial charge < -0.3 is 19.2 Å². The van der Waals surface area contributed by atoms with Crippen LogP contribution in [0.4, 0.5) is 0 Å². The van der Waals surface area contributed by atoms with Crippen LogP contribution in [0.1, 0.15) is 12.6 Å². The van der Waals surface area contributed by atoms with Gasteiger partial charge in [-0.25, -0.2) is 4.98 Å². The second-order valence-corrected chi connectivity index (χ2v) is 5.75. The van der Waals surface area contributed by atoms with Gasteiger partial charge in [-0.05, 0) is 43.3 Å². The Kier molecular flexibility index (Phi) is 5.40. The lowest BCUT2D eigenvalue weighted by Gasteiger charge is -2.08. The highest BCUT2D eigenvalue weighted by Gasteiger charge is 2.06. The van der Waals surface area contributed by atoms with Gasteiger partial charge in [0.15, 0.2) is 6.61 Å². The zero-order chi connectivity index (χ0) is 17.6. The number of halogens is 1. The Balaban J connectivity index is 1.48. The summed E-state index contributed by atoms with van der Waals surface area (Å²) in [5.41, 5.74) is 1.49. The van der Waals surface area contributed by atoms with Crippen molar-refractivity contribution < 1.29 is 14.3 Å². The molecule has 1 N–H and O–H groups in total. The molecule has 3 aromatic rings. The van der Waals surface area contributed by atoms with Crippen molar-refractivity contribution in [1.82, 2.24) is 14.7 Å². The number of amides is 1. The van der Waals surface area contributed by atoms with Gasteiger partial charge in [0.05, 0.1) is 18.8 Å². The van der Waals surface area contributed by atoms with E-state index in [4.69, 9.17) is 21.1 Å². The lowest BCUT2D eigenvalue weighted by atomic mass is 10.3. The summed E-state index contributed by atoms with van der Waals surface area (Å²) < 4.78 is 12.7. The van der Waals surface area contributed by atoms with E-state index in [9.17, 15) is 4.79 Å². The monoisotopic (exact) mass is 359 g/mol. The second kappa shape index (κ2) is 7.90. The van der Waals surface area contributed by atoms with Gasteiger partial charge in [-0.1, -0.05) is 11.6 Å². The van der Waals surface area contributed by atoms with E-state index < -0.39 is 0 Å². The largest absolute Gasteiger partial charge is 0.494 e. The number of carbonyl (C=O) groups excluding carboxylic acids is 1. The van der Waals surface area contributed by atoms with Crippen molar-refractivity contribution in [2.45, 2.75) is 13.5 Å². The number of pyridine rings is 1. The van der Waals surface area contributed by atoms with Gasteiger partial charge in [-0.2, -0.15) is 0 Å². The van der Waals surface area contributed by atoms with Crippen molar-refractivity contribution in [3.8, 4) is 11.5 Å². The van der Waals surface area contributed by atoms with E-state index in [0.29, 0.717) is 23.9 Å². The van der Waals surface area contributed by atoms with E-state index in [1.807, 2.05) is 23.7 Å². The molecule has 0 saturated heterocycles. The number of aromatic nitrogens is 2. The van der Waals surface area contributed by atoms with Crippen molar-refractivity contribution in [1.29, 1.82) is 0 Å². The van der Waals surface area contributed by atoms with Crippen LogP contribution < -0.4 is 14.8 Å². The SMILES string of the molecule is CCOc1ccc(OCC(=O)NCc2cn3ccc(Cl)cc3n2)cc1. The highest BCUT2D eigenvalue weighted by molar-refractivity contribution is 6.30. The molecule has 0 radical (unpaired) electrons. The number of imidazole rings is 1. The molecule has 2 heterocycles. The van der Waals surface area contributed by atoms with E-state index in [-0.39, 0.29) is 12.5 Å². The summed E-state index contributed by atoms with van der Waals surface area (Å²) in [6, 6.07) is 10.7. The highest BCUT2D eigenvalue weighted by atomic mass is 35.5. The first kappa shape index (κ1) is 17.1. The molecule has 0 saturated carbocycles. The van der Waals surface area contributed by atoms with Crippen molar-refractivity contribution >= 4 is 23.2 Å². The number of carbonyl (C=O) groups is 1. The minimum Gasteiger partial charge on any atom is -0.494 e. The zero-order valence-corrected chi connectivity index (χ0v) is 14.5. The van der Waals surface area contributed by atoms with Crippen LogP contribution in [0.15, 0.2) is 48.8 Å². The Morgan fingerprint density at radius 1 is 1.20 bits per heavy atom. The fourth-order valence-electron chi connectivity index (χ4n) is 2.28. The number of nitrogens with one attached hydrogen (secondary N) is 1. The summed E-state index contributed by atoms with van der Waals surface area (Å²) in [7, 11) is 0. The maximum Gasteiger partial charge on any atom is 0.258 e. The third kappa shape index (κ3) is 4.64. The molecule has 1 amide bonds. The topological polar surface area (TPSA) is 64.9 Å². The molecule has 130 valence electrons. The molecule has 0 aliphatic rings. The van der Waals surface area contributed by atoms with Gasteiger partial charge in [-0.15, -0.1) is 0 Å². The van der Waals surface area contributed by atoms with Crippen LogP contribution in [0.5, 0.6) is 11.5 Å². The van der Waals surface area contributed by atoms with Crippen molar-refractivity contribution in [3.63, 3.8) is 0 Å². The van der Waals surface area contributed by atoms with Gasteiger partial charge in [0.2, 0.25) is 0 Å². The maximum absolute atomic E-state index is 11.9. The molecular formula is C18H18ClN3O3. The van der Waals surface area contributed by atoms with E-state index >= 15 is 0 Å². The molecule has 2 aromatic heterocycles. The summed E-state index contributed by atoms with van der Waals surface area (Å²) in [5.74, 6) is 1.16. The minimum absolute atomic E-state index is 0.0623. The summed E-state index contributed by atoms with van der Waals surface area (Å²) in [5, 5.41) is 3.40. The van der Waals surface area contributed by atoms with Crippen LogP contribution >= 0.6 is 11.6 Å². The molecule has 0 aliphatic carbocycles. The number of fused-ring (bicyclic) bond motifs is 1. The van der Waals surface area contributed by atoms with Gasteiger partial charge >= 0.3 is 0 Å². The average Bonchev–Trinajstić information content (AvgIpc) is 3.01. The summed E-state index contributed by atoms with van der Waals surface area (Å²) in [4.78, 5) is 16.3. The van der Waals surface area contributed by atoms with Gasteiger partial charge in [-0.3, -0.25) is 4.79 Å². The fourth-order valence-corrected chi connectivity index (χ4v) is 2.44. The van der Waals surface area contributed by atoms with E-state index in [2.05, 4.69) is 10.3 Å². The first-order chi connectivity index (χ1) is 12.1. The molecule has 25 heavy (non-hydrogen) atoms. The van der Waals surface area contributed by atoms with Crippen LogP contribution in [0.3, 0.4) is 0 Å². The lowest BCUT2D eigenvalue weighted by molar-refractivity contribution is -0.123. The van der Waals surface area contributed by atoms with E-state index in [0.717, 1.165) is 17.1 Å². The number of hydrogen-bond acceptors (Lipinski definition) is 4. The number of hydrogen-bond donors (Lipinski definition) is 1. The number of ether oxygens (including phenoxy) is 2. The predicted molar refractivity (Wildman–Crippen MR) is 95.2 cm³/mol. The maximum atomic E-state index is 11.9. The summed E-state index contributed by atoms with van der Waals surface area (Å²) in [6.07, 6.45) is 3.67. The normalized spacial score (nSPS) is 10.6. The molecule has 0 aliphatic heterocycles. The Bertz CT molecular complexity index is 862. The third-order valence-corrected chi connectivity index (χ3v) is 3.68. The molecule has 7 heteroatoms. The first-order valence-electron chi connectivity index (χ1n) is 7.89. The summed E-state index contributed by atoms with van der Waals surface area (Å²) in [6.45, 7) is 2.79. The van der Waals surface area contributed by atoms with Crippen molar-refractivity contribution in [3.05, 3.63) is 59.5 Å².